The Morgan fingerprint density at radius 3 is 2.95 bits per heavy atom. The second-order valence-electron chi connectivity index (χ2n) is 5.05. The summed E-state index contributed by atoms with van der Waals surface area (Å²) in [5, 5.41) is 29.3. The monoisotopic (exact) mass is 317 g/mol. The molecule has 1 aliphatic heterocycles. The number of carbonyl (C=O) groups is 1. The summed E-state index contributed by atoms with van der Waals surface area (Å²) in [6.45, 7) is 0.523. The second kappa shape index (κ2) is 5.44. The van der Waals surface area contributed by atoms with E-state index in [-0.39, 0.29) is 22.0 Å². The Bertz CT molecular complexity index is 807. The smallest absolute Gasteiger partial charge is 0.339 e. The summed E-state index contributed by atoms with van der Waals surface area (Å²) in [5.74, 6) is -1.23. The number of carboxylic acid groups (broad SMARTS) is 1. The lowest BCUT2D eigenvalue weighted by Gasteiger charge is -2.23. The van der Waals surface area contributed by atoms with Crippen LogP contribution in [0.4, 0.5) is 0 Å². The molecular weight excluding hydrogens is 306 g/mol. The second-order valence-corrected chi connectivity index (χ2v) is 5.41. The first kappa shape index (κ1) is 14.6. The summed E-state index contributed by atoms with van der Waals surface area (Å²) in [7, 11) is 0. The molecule has 6 nitrogen and oxygen atoms in total. The number of hydrogen-bond donors (Lipinski definition) is 2. The minimum atomic E-state index is -1.23. The fourth-order valence-corrected chi connectivity index (χ4v) is 3.17. The van der Waals surface area contributed by atoms with Crippen LogP contribution in [0.2, 0.25) is 5.15 Å². The molecule has 1 atom stereocenters. The van der Waals surface area contributed by atoms with Gasteiger partial charge in [-0.15, -0.1) is 0 Å². The fourth-order valence-electron chi connectivity index (χ4n) is 2.96. The van der Waals surface area contributed by atoms with Crippen LogP contribution in [0.25, 0.3) is 11.3 Å². The van der Waals surface area contributed by atoms with Gasteiger partial charge in [0.25, 0.3) is 0 Å². The average molecular weight is 318 g/mol. The van der Waals surface area contributed by atoms with Gasteiger partial charge in [-0.2, -0.15) is 5.26 Å². The lowest BCUT2D eigenvalue weighted by atomic mass is 10.0. The SMILES string of the molecule is N#Cc1c(C(=O)O)c2n(c1-c1cccnc1Cl)CCCC2O. The van der Waals surface area contributed by atoms with E-state index in [4.69, 9.17) is 11.6 Å². The molecule has 2 aromatic rings. The normalized spacial score (nSPS) is 16.9. The Hall–Kier alpha value is -2.36. The zero-order chi connectivity index (χ0) is 15.9. The molecule has 1 unspecified atom stereocenters. The number of rotatable bonds is 2. The van der Waals surface area contributed by atoms with Gasteiger partial charge < -0.3 is 14.8 Å². The van der Waals surface area contributed by atoms with Crippen molar-refractivity contribution >= 4 is 17.6 Å². The van der Waals surface area contributed by atoms with Crippen molar-refractivity contribution in [1.29, 1.82) is 5.26 Å². The van der Waals surface area contributed by atoms with E-state index in [0.717, 1.165) is 0 Å². The van der Waals surface area contributed by atoms with Gasteiger partial charge >= 0.3 is 5.97 Å². The minimum Gasteiger partial charge on any atom is -0.478 e. The topological polar surface area (TPSA) is 99.1 Å². The van der Waals surface area contributed by atoms with Gasteiger partial charge in [0.1, 0.15) is 16.8 Å². The largest absolute Gasteiger partial charge is 0.478 e. The lowest BCUT2D eigenvalue weighted by Crippen LogP contribution is -2.18. The molecule has 1 aliphatic rings. The van der Waals surface area contributed by atoms with E-state index >= 15 is 0 Å². The van der Waals surface area contributed by atoms with Crippen molar-refractivity contribution in [2.24, 2.45) is 0 Å². The van der Waals surface area contributed by atoms with Gasteiger partial charge in [-0.1, -0.05) is 11.6 Å². The summed E-state index contributed by atoms with van der Waals surface area (Å²) in [4.78, 5) is 15.6. The average Bonchev–Trinajstić information content (AvgIpc) is 2.83. The van der Waals surface area contributed by atoms with Crippen molar-refractivity contribution in [2.75, 3.05) is 0 Å². The number of halogens is 1. The highest BCUT2D eigenvalue weighted by Gasteiger charge is 2.34. The van der Waals surface area contributed by atoms with Crippen LogP contribution in [-0.2, 0) is 6.54 Å². The van der Waals surface area contributed by atoms with E-state index in [0.29, 0.717) is 30.6 Å². The van der Waals surface area contributed by atoms with E-state index in [1.165, 1.54) is 6.20 Å². The standard InChI is InChI=1S/C15H12ClN3O3/c16-14-8(3-1-5-18-14)12-9(7-17)11(15(21)22)13-10(20)4-2-6-19(12)13/h1,3,5,10,20H,2,4,6H2,(H,21,22). The molecule has 2 aromatic heterocycles. The van der Waals surface area contributed by atoms with E-state index in [1.807, 2.05) is 6.07 Å². The Kier molecular flexibility index (Phi) is 3.61. The number of nitriles is 1. The zero-order valence-corrected chi connectivity index (χ0v) is 12.2. The van der Waals surface area contributed by atoms with Crippen LogP contribution in [0.5, 0.6) is 0 Å². The number of aromatic carboxylic acids is 1. The molecule has 0 radical (unpaired) electrons. The Morgan fingerprint density at radius 1 is 1.55 bits per heavy atom. The highest BCUT2D eigenvalue weighted by molar-refractivity contribution is 6.32. The quantitative estimate of drug-likeness (QED) is 0.829. The van der Waals surface area contributed by atoms with Crippen molar-refractivity contribution in [3.8, 4) is 17.3 Å². The number of carboxylic acids is 1. The molecule has 3 rings (SSSR count). The number of aliphatic hydroxyl groups is 1. The molecule has 0 saturated heterocycles. The first-order valence-electron chi connectivity index (χ1n) is 6.75. The van der Waals surface area contributed by atoms with E-state index in [2.05, 4.69) is 4.98 Å². The molecular formula is C15H12ClN3O3. The number of aliphatic hydroxyl groups excluding tert-OH is 1. The first-order valence-corrected chi connectivity index (χ1v) is 7.12. The van der Waals surface area contributed by atoms with Crippen LogP contribution in [-0.4, -0.2) is 25.7 Å². The van der Waals surface area contributed by atoms with Gasteiger partial charge in [0, 0.05) is 18.3 Å². The molecule has 2 N–H and O–H groups in total. The summed E-state index contributed by atoms with van der Waals surface area (Å²) in [6.07, 6.45) is 1.77. The van der Waals surface area contributed by atoms with Crippen molar-refractivity contribution in [3.05, 3.63) is 40.3 Å². The number of pyridine rings is 1. The lowest BCUT2D eigenvalue weighted by molar-refractivity contribution is 0.0682. The molecule has 7 heteroatoms. The molecule has 0 saturated carbocycles. The van der Waals surface area contributed by atoms with Crippen molar-refractivity contribution in [1.82, 2.24) is 9.55 Å². The molecule has 3 heterocycles. The van der Waals surface area contributed by atoms with E-state index < -0.39 is 12.1 Å². The first-order chi connectivity index (χ1) is 10.6. The highest BCUT2D eigenvalue weighted by Crippen LogP contribution is 2.40. The summed E-state index contributed by atoms with van der Waals surface area (Å²) in [6, 6.07) is 5.30. The Morgan fingerprint density at radius 2 is 2.32 bits per heavy atom. The molecule has 0 amide bonds. The maximum absolute atomic E-state index is 11.6. The van der Waals surface area contributed by atoms with E-state index in [1.54, 1.807) is 16.7 Å². The third-order valence-electron chi connectivity index (χ3n) is 3.82. The Labute approximate surface area is 131 Å². The molecule has 0 bridgehead atoms. The highest BCUT2D eigenvalue weighted by atomic mass is 35.5. The maximum Gasteiger partial charge on any atom is 0.339 e. The number of nitrogens with zero attached hydrogens (tertiary/aromatic N) is 3. The van der Waals surface area contributed by atoms with Gasteiger partial charge in [0.2, 0.25) is 0 Å². The van der Waals surface area contributed by atoms with Crippen LogP contribution in [0, 0.1) is 11.3 Å². The summed E-state index contributed by atoms with van der Waals surface area (Å²) in [5.41, 5.74) is 1.03. The van der Waals surface area contributed by atoms with Crippen LogP contribution >= 0.6 is 11.6 Å². The summed E-state index contributed by atoms with van der Waals surface area (Å²) < 4.78 is 1.68. The van der Waals surface area contributed by atoms with Gasteiger partial charge in [-0.05, 0) is 25.0 Å². The predicted octanol–water partition coefficient (Wildman–Crippen LogP) is 2.60. The van der Waals surface area contributed by atoms with Gasteiger partial charge in [0.05, 0.1) is 23.1 Å². The van der Waals surface area contributed by atoms with Crippen molar-refractivity contribution in [3.63, 3.8) is 0 Å². The summed E-state index contributed by atoms with van der Waals surface area (Å²) >= 11 is 6.11. The fraction of sp³-hybridized carbons (Fsp3) is 0.267. The van der Waals surface area contributed by atoms with Crippen LogP contribution in [0.15, 0.2) is 18.3 Å². The molecule has 0 aromatic carbocycles. The van der Waals surface area contributed by atoms with Gasteiger partial charge in [-0.3, -0.25) is 0 Å². The number of hydrogen-bond acceptors (Lipinski definition) is 4. The Balaban J connectivity index is 2.41. The van der Waals surface area contributed by atoms with Crippen molar-refractivity contribution in [2.45, 2.75) is 25.5 Å². The zero-order valence-electron chi connectivity index (χ0n) is 11.5. The molecule has 0 fully saturated rings. The predicted molar refractivity (Wildman–Crippen MR) is 78.5 cm³/mol. The van der Waals surface area contributed by atoms with Crippen LogP contribution in [0.3, 0.4) is 0 Å². The molecule has 112 valence electrons. The van der Waals surface area contributed by atoms with Gasteiger partial charge in [0.15, 0.2) is 0 Å². The third kappa shape index (κ3) is 2.06. The maximum atomic E-state index is 11.6. The van der Waals surface area contributed by atoms with Crippen molar-refractivity contribution < 1.29 is 15.0 Å². The molecule has 0 spiro atoms. The number of aromatic nitrogens is 2. The molecule has 22 heavy (non-hydrogen) atoms. The van der Waals surface area contributed by atoms with Crippen LogP contribution < -0.4 is 0 Å². The minimum absolute atomic E-state index is 0.0124. The third-order valence-corrected chi connectivity index (χ3v) is 4.12. The van der Waals surface area contributed by atoms with E-state index in [9.17, 15) is 20.3 Å². The van der Waals surface area contributed by atoms with Gasteiger partial charge in [-0.25, -0.2) is 9.78 Å². The van der Waals surface area contributed by atoms with Crippen LogP contribution in [0.1, 0.15) is 40.6 Å². The molecule has 0 aliphatic carbocycles. The number of fused-ring (bicyclic) bond motifs is 1.